The average Bonchev–Trinajstić information content (AvgIpc) is 2.42. The maximum absolute atomic E-state index is 13.1. The van der Waals surface area contributed by atoms with E-state index in [9.17, 15) is 4.39 Å². The van der Waals surface area contributed by atoms with E-state index in [4.69, 9.17) is 11.6 Å². The monoisotopic (exact) mass is 374 g/mol. The van der Waals surface area contributed by atoms with Crippen LogP contribution in [0.5, 0.6) is 0 Å². The number of rotatable bonds is 5. The van der Waals surface area contributed by atoms with Crippen LogP contribution in [0.15, 0.2) is 33.6 Å². The van der Waals surface area contributed by atoms with Gasteiger partial charge in [-0.05, 0) is 40.5 Å². The molecule has 2 rings (SSSR count). The Labute approximate surface area is 135 Å². The van der Waals surface area contributed by atoms with Crippen LogP contribution in [-0.4, -0.2) is 9.97 Å². The Hall–Kier alpha value is -0.650. The normalized spacial score (nSPS) is 10.8. The van der Waals surface area contributed by atoms with Gasteiger partial charge in [-0.25, -0.2) is 14.4 Å². The van der Waals surface area contributed by atoms with Crippen LogP contribution in [0.3, 0.4) is 0 Å². The van der Waals surface area contributed by atoms with Gasteiger partial charge >= 0.3 is 0 Å². The highest BCUT2D eigenvalue weighted by molar-refractivity contribution is 9.10. The van der Waals surface area contributed by atoms with E-state index >= 15 is 0 Å². The lowest BCUT2D eigenvalue weighted by Crippen LogP contribution is -2.00. The summed E-state index contributed by atoms with van der Waals surface area (Å²) in [5, 5.41) is 0.429. The Morgan fingerprint density at radius 3 is 2.85 bits per heavy atom. The Kier molecular flexibility index (Phi) is 5.81. The van der Waals surface area contributed by atoms with Gasteiger partial charge < -0.3 is 0 Å². The summed E-state index contributed by atoms with van der Waals surface area (Å²) in [6.45, 7) is 2.09. The maximum Gasteiger partial charge on any atom is 0.147 e. The number of aryl methyl sites for hydroxylation is 1. The zero-order valence-corrected chi connectivity index (χ0v) is 14.0. The predicted octanol–water partition coefficient (Wildman–Crippen LogP) is 5.28. The van der Waals surface area contributed by atoms with Gasteiger partial charge in [0.1, 0.15) is 16.8 Å². The minimum absolute atomic E-state index is 0.239. The molecule has 1 aromatic carbocycles. The number of nitrogens with zero attached hydrogens (tertiary/aromatic N) is 2. The van der Waals surface area contributed by atoms with Crippen LogP contribution in [0.2, 0.25) is 5.15 Å². The molecule has 2 aromatic rings. The molecular formula is C14H13BrClFN2S. The molecule has 0 saturated heterocycles. The molecule has 0 spiro atoms. The van der Waals surface area contributed by atoms with Crippen molar-refractivity contribution in [3.05, 3.63) is 51.2 Å². The van der Waals surface area contributed by atoms with Gasteiger partial charge in [-0.15, -0.1) is 11.8 Å². The first kappa shape index (κ1) is 15.7. The molecule has 0 aliphatic carbocycles. The van der Waals surface area contributed by atoms with Crippen LogP contribution in [0, 0.1) is 5.82 Å². The number of hydrogen-bond acceptors (Lipinski definition) is 3. The molecule has 1 heterocycles. The highest BCUT2D eigenvalue weighted by atomic mass is 79.9. The van der Waals surface area contributed by atoms with Crippen LogP contribution in [0.1, 0.15) is 24.9 Å². The summed E-state index contributed by atoms with van der Waals surface area (Å²) in [6.07, 6.45) is 1.84. The van der Waals surface area contributed by atoms with E-state index in [2.05, 4.69) is 32.8 Å². The van der Waals surface area contributed by atoms with Crippen LogP contribution in [0.4, 0.5) is 4.39 Å². The molecule has 106 valence electrons. The van der Waals surface area contributed by atoms with Crippen LogP contribution < -0.4 is 0 Å². The molecule has 1 aromatic heterocycles. The first-order valence-electron chi connectivity index (χ1n) is 6.19. The summed E-state index contributed by atoms with van der Waals surface area (Å²) in [5.41, 5.74) is 0.919. The summed E-state index contributed by atoms with van der Waals surface area (Å²) in [7, 11) is 0. The minimum Gasteiger partial charge on any atom is -0.236 e. The van der Waals surface area contributed by atoms with E-state index < -0.39 is 0 Å². The van der Waals surface area contributed by atoms with Gasteiger partial charge in [0.05, 0.1) is 15.9 Å². The molecular weight excluding hydrogens is 363 g/mol. The summed E-state index contributed by atoms with van der Waals surface area (Å²) in [5.74, 6) is 0.986. The molecule has 0 amide bonds. The molecule has 0 aliphatic heterocycles. The van der Waals surface area contributed by atoms with Crippen molar-refractivity contribution in [1.82, 2.24) is 9.97 Å². The Bertz CT molecular complexity index is 610. The van der Waals surface area contributed by atoms with Gasteiger partial charge in [0.15, 0.2) is 0 Å². The van der Waals surface area contributed by atoms with Gasteiger partial charge in [0, 0.05) is 4.90 Å². The molecule has 0 atom stereocenters. The fourth-order valence-corrected chi connectivity index (χ4v) is 3.06. The Morgan fingerprint density at radius 2 is 2.15 bits per heavy atom. The smallest absolute Gasteiger partial charge is 0.147 e. The SMILES string of the molecule is CCCc1nc(CSc2cccc(F)c2)nc(Cl)c1Br. The Morgan fingerprint density at radius 1 is 1.35 bits per heavy atom. The lowest BCUT2D eigenvalue weighted by atomic mass is 10.2. The zero-order chi connectivity index (χ0) is 14.5. The van der Waals surface area contributed by atoms with Crippen molar-refractivity contribution in [2.75, 3.05) is 0 Å². The standard InChI is InChI=1S/C14H13BrClFN2S/c1-2-4-11-13(15)14(16)19-12(18-11)8-20-10-6-3-5-9(17)7-10/h3,5-7H,2,4,8H2,1H3. The lowest BCUT2D eigenvalue weighted by Gasteiger charge is -2.07. The molecule has 0 aliphatic rings. The molecule has 0 bridgehead atoms. The van der Waals surface area contributed by atoms with Crippen molar-refractivity contribution in [2.24, 2.45) is 0 Å². The minimum atomic E-state index is -0.239. The fourth-order valence-electron chi connectivity index (χ4n) is 1.68. The second kappa shape index (κ2) is 7.38. The molecule has 0 N–H and O–H groups in total. The van der Waals surface area contributed by atoms with Gasteiger partial charge in [-0.3, -0.25) is 0 Å². The highest BCUT2D eigenvalue weighted by Crippen LogP contribution is 2.27. The molecule has 0 radical (unpaired) electrons. The van der Waals surface area contributed by atoms with E-state index in [1.165, 1.54) is 23.9 Å². The van der Waals surface area contributed by atoms with Gasteiger partial charge in [0.2, 0.25) is 0 Å². The maximum atomic E-state index is 13.1. The fraction of sp³-hybridized carbons (Fsp3) is 0.286. The van der Waals surface area contributed by atoms with Crippen LogP contribution in [-0.2, 0) is 12.2 Å². The molecule has 20 heavy (non-hydrogen) atoms. The predicted molar refractivity (Wildman–Crippen MR) is 84.7 cm³/mol. The number of thioether (sulfide) groups is 1. The van der Waals surface area contributed by atoms with E-state index in [1.807, 2.05) is 6.07 Å². The number of halogens is 3. The van der Waals surface area contributed by atoms with Crippen molar-refractivity contribution in [3.8, 4) is 0 Å². The zero-order valence-electron chi connectivity index (χ0n) is 10.9. The van der Waals surface area contributed by atoms with E-state index in [1.54, 1.807) is 6.07 Å². The van der Waals surface area contributed by atoms with E-state index in [0.29, 0.717) is 16.7 Å². The summed E-state index contributed by atoms with van der Waals surface area (Å²) < 4.78 is 13.9. The first-order valence-corrected chi connectivity index (χ1v) is 8.35. The largest absolute Gasteiger partial charge is 0.236 e. The summed E-state index contributed by atoms with van der Waals surface area (Å²) in [4.78, 5) is 9.60. The third-order valence-corrected chi connectivity index (χ3v) is 4.90. The van der Waals surface area contributed by atoms with E-state index in [-0.39, 0.29) is 5.82 Å². The van der Waals surface area contributed by atoms with Crippen molar-refractivity contribution >= 4 is 39.3 Å². The summed E-state index contributed by atoms with van der Waals surface area (Å²) >= 11 is 11.0. The molecule has 0 saturated carbocycles. The third-order valence-electron chi connectivity index (χ3n) is 2.58. The molecule has 0 unspecified atom stereocenters. The van der Waals surface area contributed by atoms with Gasteiger partial charge in [0.25, 0.3) is 0 Å². The topological polar surface area (TPSA) is 25.8 Å². The molecule has 0 fully saturated rings. The van der Waals surface area contributed by atoms with Crippen molar-refractivity contribution in [1.29, 1.82) is 0 Å². The first-order chi connectivity index (χ1) is 9.60. The number of benzene rings is 1. The second-order valence-corrected chi connectivity index (χ2v) is 6.39. The molecule has 6 heteroatoms. The average molecular weight is 376 g/mol. The van der Waals surface area contributed by atoms with Gasteiger partial charge in [-0.1, -0.05) is 31.0 Å². The highest BCUT2D eigenvalue weighted by Gasteiger charge is 2.10. The molecule has 2 nitrogen and oxygen atoms in total. The van der Waals surface area contributed by atoms with Crippen LogP contribution >= 0.6 is 39.3 Å². The second-order valence-electron chi connectivity index (χ2n) is 4.19. The quantitative estimate of drug-likeness (QED) is 0.525. The van der Waals surface area contributed by atoms with Gasteiger partial charge in [-0.2, -0.15) is 0 Å². The number of aromatic nitrogens is 2. The van der Waals surface area contributed by atoms with Crippen molar-refractivity contribution in [3.63, 3.8) is 0 Å². The van der Waals surface area contributed by atoms with Crippen LogP contribution in [0.25, 0.3) is 0 Å². The lowest BCUT2D eigenvalue weighted by molar-refractivity contribution is 0.624. The van der Waals surface area contributed by atoms with E-state index in [0.717, 1.165) is 27.9 Å². The van der Waals surface area contributed by atoms with Crippen molar-refractivity contribution in [2.45, 2.75) is 30.4 Å². The third kappa shape index (κ3) is 4.17. The summed E-state index contributed by atoms with van der Waals surface area (Å²) in [6, 6.07) is 6.48. The Balaban J connectivity index is 2.13. The number of hydrogen-bond donors (Lipinski definition) is 0. The van der Waals surface area contributed by atoms with Crippen molar-refractivity contribution < 1.29 is 4.39 Å².